The number of nitrogens with zero attached hydrogens (tertiary/aromatic N) is 3. The second kappa shape index (κ2) is 7.39. The van der Waals surface area contributed by atoms with Crippen LogP contribution < -0.4 is 0 Å². The van der Waals surface area contributed by atoms with Crippen LogP contribution in [-0.4, -0.2) is 25.7 Å². The molecule has 0 saturated heterocycles. The largest absolute Gasteiger partial charge is 0.326 e. The van der Waals surface area contributed by atoms with Crippen molar-refractivity contribution < 1.29 is 9.59 Å². The van der Waals surface area contributed by atoms with E-state index in [4.69, 9.17) is 4.98 Å². The molecule has 0 atom stereocenters. The Hall–Kier alpha value is -4.25. The molecular formula is C29H23N3O2. The van der Waals surface area contributed by atoms with Gasteiger partial charge in [0.2, 0.25) is 0 Å². The van der Waals surface area contributed by atoms with E-state index < -0.39 is 0 Å². The van der Waals surface area contributed by atoms with E-state index in [9.17, 15) is 9.59 Å². The fourth-order valence-electron chi connectivity index (χ4n) is 4.95. The van der Waals surface area contributed by atoms with Gasteiger partial charge in [-0.2, -0.15) is 0 Å². The lowest BCUT2D eigenvalue weighted by atomic mass is 10.0. The monoisotopic (exact) mass is 445 g/mol. The van der Waals surface area contributed by atoms with E-state index in [0.29, 0.717) is 11.1 Å². The molecule has 1 aliphatic rings. The third kappa shape index (κ3) is 2.90. The van der Waals surface area contributed by atoms with Crippen LogP contribution in [0.5, 0.6) is 0 Å². The first-order valence-electron chi connectivity index (χ1n) is 11.4. The van der Waals surface area contributed by atoms with Crippen molar-refractivity contribution in [1.29, 1.82) is 0 Å². The first-order chi connectivity index (χ1) is 16.4. The molecule has 6 rings (SSSR count). The Balaban J connectivity index is 1.50. The predicted molar refractivity (Wildman–Crippen MR) is 135 cm³/mol. The minimum absolute atomic E-state index is 0.0967. The van der Waals surface area contributed by atoms with Crippen LogP contribution in [0.2, 0.25) is 0 Å². The number of allylic oxidation sites excluding steroid dienone is 1. The van der Waals surface area contributed by atoms with Gasteiger partial charge in [-0.15, -0.1) is 0 Å². The van der Waals surface area contributed by atoms with Gasteiger partial charge in [-0.1, -0.05) is 54.6 Å². The Kier molecular flexibility index (Phi) is 4.42. The minimum atomic E-state index is -0.218. The van der Waals surface area contributed by atoms with E-state index in [2.05, 4.69) is 23.0 Å². The molecule has 0 saturated carbocycles. The number of aryl methyl sites for hydroxylation is 1. The number of carbonyl (C=O) groups is 2. The molecule has 3 aromatic carbocycles. The molecule has 0 N–H and O–H groups in total. The van der Waals surface area contributed by atoms with Gasteiger partial charge in [0, 0.05) is 35.5 Å². The van der Waals surface area contributed by atoms with Crippen LogP contribution in [0.1, 0.15) is 46.3 Å². The van der Waals surface area contributed by atoms with Crippen LogP contribution in [0.4, 0.5) is 0 Å². The molecule has 5 nitrogen and oxygen atoms in total. The van der Waals surface area contributed by atoms with Gasteiger partial charge in [-0.25, -0.2) is 4.98 Å². The van der Waals surface area contributed by atoms with Crippen molar-refractivity contribution in [3.05, 3.63) is 95.2 Å². The fraction of sp³-hybridized carbons (Fsp3) is 0.138. The number of fused-ring (bicyclic) bond motifs is 3. The summed E-state index contributed by atoms with van der Waals surface area (Å²) in [6.45, 7) is 4.16. The number of hydrogen-bond acceptors (Lipinski definition) is 3. The van der Waals surface area contributed by atoms with Crippen LogP contribution in [0.15, 0.2) is 78.4 Å². The Morgan fingerprint density at radius 3 is 2.00 bits per heavy atom. The summed E-state index contributed by atoms with van der Waals surface area (Å²) in [5.41, 5.74) is 4.80. The molecule has 5 aromatic rings. The summed E-state index contributed by atoms with van der Waals surface area (Å²) in [4.78, 5) is 31.5. The van der Waals surface area contributed by atoms with Crippen molar-refractivity contribution in [1.82, 2.24) is 14.1 Å². The molecule has 34 heavy (non-hydrogen) atoms. The summed E-state index contributed by atoms with van der Waals surface area (Å²) in [7, 11) is 1.99. The van der Waals surface area contributed by atoms with E-state index in [-0.39, 0.29) is 23.2 Å². The lowest BCUT2D eigenvalue weighted by Gasteiger charge is -2.11. The molecule has 0 unspecified atom stereocenters. The van der Waals surface area contributed by atoms with E-state index in [1.54, 1.807) is 6.08 Å². The van der Waals surface area contributed by atoms with E-state index in [1.165, 1.54) is 0 Å². The fourth-order valence-corrected chi connectivity index (χ4v) is 4.95. The quantitative estimate of drug-likeness (QED) is 0.244. The third-order valence-electron chi connectivity index (χ3n) is 6.62. The molecule has 0 fully saturated rings. The normalized spacial score (nSPS) is 13.5. The van der Waals surface area contributed by atoms with Gasteiger partial charge >= 0.3 is 0 Å². The Labute approximate surface area is 197 Å². The average molecular weight is 446 g/mol. The van der Waals surface area contributed by atoms with E-state index in [0.717, 1.165) is 39.0 Å². The summed E-state index contributed by atoms with van der Waals surface area (Å²) < 4.78 is 4.15. The number of ketones is 2. The number of hydrogen-bond donors (Lipinski definition) is 0. The topological polar surface area (TPSA) is 56.9 Å². The maximum atomic E-state index is 13.3. The van der Waals surface area contributed by atoms with Crippen LogP contribution in [0, 0.1) is 0 Å². The van der Waals surface area contributed by atoms with Crippen LogP contribution >= 0.6 is 0 Å². The SMILES string of the molecule is CC(C)n1c(C=C2C(=O)c3cc4ccccc4cc3C2=O)cc2c1nc(-c1ccccc1)n2C. The summed E-state index contributed by atoms with van der Waals surface area (Å²) in [5, 5.41) is 1.91. The van der Waals surface area contributed by atoms with Crippen LogP contribution in [0.25, 0.3) is 39.4 Å². The van der Waals surface area contributed by atoms with Crippen LogP contribution in [-0.2, 0) is 7.05 Å². The highest BCUT2D eigenvalue weighted by Crippen LogP contribution is 2.34. The van der Waals surface area contributed by atoms with Gasteiger partial charge in [0.05, 0.1) is 11.1 Å². The van der Waals surface area contributed by atoms with Gasteiger partial charge in [-0.05, 0) is 48.9 Å². The lowest BCUT2D eigenvalue weighted by Crippen LogP contribution is -2.06. The standard InChI is InChI=1S/C29H23N3O2/c1-17(2)32-21(16-25-29(32)30-28(31(25)3)18-9-5-4-6-10-18)15-24-26(33)22-13-19-11-7-8-12-20(19)14-23(22)27(24)34/h4-17H,1-3H3. The number of aromatic nitrogens is 3. The maximum Gasteiger partial charge on any atom is 0.197 e. The van der Waals surface area contributed by atoms with Gasteiger partial charge in [0.1, 0.15) is 5.82 Å². The number of rotatable bonds is 3. The second-order valence-electron chi connectivity index (χ2n) is 9.06. The van der Waals surface area contributed by atoms with Crippen molar-refractivity contribution in [2.24, 2.45) is 7.05 Å². The van der Waals surface area contributed by atoms with Crippen LogP contribution in [0.3, 0.4) is 0 Å². The van der Waals surface area contributed by atoms with E-state index in [1.807, 2.05) is 79.8 Å². The molecule has 2 aromatic heterocycles. The van der Waals surface area contributed by atoms with E-state index >= 15 is 0 Å². The van der Waals surface area contributed by atoms with Crippen molar-refractivity contribution in [2.45, 2.75) is 19.9 Å². The molecular weight excluding hydrogens is 422 g/mol. The summed E-state index contributed by atoms with van der Waals surface area (Å²) in [6.07, 6.45) is 1.74. The zero-order valence-corrected chi connectivity index (χ0v) is 19.2. The molecule has 0 aliphatic heterocycles. The molecule has 1 aliphatic carbocycles. The third-order valence-corrected chi connectivity index (χ3v) is 6.62. The highest BCUT2D eigenvalue weighted by molar-refractivity contribution is 6.42. The molecule has 0 amide bonds. The minimum Gasteiger partial charge on any atom is -0.326 e. The molecule has 0 bridgehead atoms. The molecule has 0 spiro atoms. The van der Waals surface area contributed by atoms with Crippen molar-refractivity contribution in [3.63, 3.8) is 0 Å². The molecule has 2 heterocycles. The van der Waals surface area contributed by atoms with Gasteiger partial charge in [-0.3, -0.25) is 9.59 Å². The zero-order valence-electron chi connectivity index (χ0n) is 19.2. The Bertz CT molecular complexity index is 1610. The van der Waals surface area contributed by atoms with Crippen molar-refractivity contribution in [3.8, 4) is 11.4 Å². The average Bonchev–Trinajstić information content (AvgIpc) is 3.44. The van der Waals surface area contributed by atoms with Gasteiger partial charge in [0.25, 0.3) is 0 Å². The number of imidazole rings is 1. The highest BCUT2D eigenvalue weighted by Gasteiger charge is 2.34. The summed E-state index contributed by atoms with van der Waals surface area (Å²) in [5.74, 6) is 0.444. The Morgan fingerprint density at radius 2 is 1.41 bits per heavy atom. The lowest BCUT2D eigenvalue weighted by molar-refractivity contribution is 0.0990. The molecule has 0 radical (unpaired) electrons. The summed E-state index contributed by atoms with van der Waals surface area (Å²) >= 11 is 0. The first kappa shape index (κ1) is 20.4. The van der Waals surface area contributed by atoms with Gasteiger partial charge < -0.3 is 9.13 Å². The number of Topliss-reactive ketones (excluding diaryl/α,β-unsaturated/α-hetero) is 2. The number of benzene rings is 3. The first-order valence-corrected chi connectivity index (χ1v) is 11.4. The van der Waals surface area contributed by atoms with Crippen molar-refractivity contribution in [2.75, 3.05) is 0 Å². The maximum absolute atomic E-state index is 13.3. The smallest absolute Gasteiger partial charge is 0.197 e. The molecule has 166 valence electrons. The number of carbonyl (C=O) groups excluding carboxylic acids is 2. The summed E-state index contributed by atoms with van der Waals surface area (Å²) in [6, 6.07) is 23.6. The zero-order chi connectivity index (χ0) is 23.6. The second-order valence-corrected chi connectivity index (χ2v) is 9.06. The molecule has 5 heteroatoms. The predicted octanol–water partition coefficient (Wildman–Crippen LogP) is 6.24. The Morgan fingerprint density at radius 1 is 0.824 bits per heavy atom. The van der Waals surface area contributed by atoms with Gasteiger partial charge in [0.15, 0.2) is 17.2 Å². The van der Waals surface area contributed by atoms with Crippen molar-refractivity contribution >= 4 is 39.6 Å². The highest BCUT2D eigenvalue weighted by atomic mass is 16.2.